The van der Waals surface area contributed by atoms with Crippen molar-refractivity contribution in [2.45, 2.75) is 0 Å². The van der Waals surface area contributed by atoms with E-state index in [-0.39, 0.29) is 5.91 Å². The second kappa shape index (κ2) is 7.82. The van der Waals surface area contributed by atoms with Crippen LogP contribution in [0.5, 0.6) is 0 Å². The molecule has 1 heterocycles. The van der Waals surface area contributed by atoms with Crippen LogP contribution in [0.2, 0.25) is 5.02 Å². The van der Waals surface area contributed by atoms with Crippen molar-refractivity contribution in [3.05, 3.63) is 100 Å². The maximum atomic E-state index is 13.1. The van der Waals surface area contributed by atoms with E-state index in [2.05, 4.69) is 0 Å². The van der Waals surface area contributed by atoms with Gasteiger partial charge in [-0.25, -0.2) is 4.99 Å². The SMILES string of the molecule is O=C1/C(=C/c2ccccc2)S/C(=N\c2ccccc2)N1c1ccc(Cl)cc1. The lowest BCUT2D eigenvalue weighted by atomic mass is 10.2. The zero-order valence-electron chi connectivity index (χ0n) is 14.2. The van der Waals surface area contributed by atoms with Gasteiger partial charge in [0, 0.05) is 5.02 Å². The van der Waals surface area contributed by atoms with Crippen molar-refractivity contribution in [2.75, 3.05) is 4.90 Å². The normalized spacial score (nSPS) is 17.1. The molecule has 132 valence electrons. The first-order valence-electron chi connectivity index (χ1n) is 8.39. The highest BCUT2D eigenvalue weighted by molar-refractivity contribution is 8.19. The summed E-state index contributed by atoms with van der Waals surface area (Å²) in [5.41, 5.74) is 2.51. The van der Waals surface area contributed by atoms with Gasteiger partial charge in [0.1, 0.15) is 0 Å². The Balaban J connectivity index is 1.77. The van der Waals surface area contributed by atoms with Crippen LogP contribution in [-0.2, 0) is 4.79 Å². The van der Waals surface area contributed by atoms with Gasteiger partial charge in [-0.3, -0.25) is 9.69 Å². The molecule has 5 heteroatoms. The highest BCUT2D eigenvalue weighted by Gasteiger charge is 2.34. The van der Waals surface area contributed by atoms with Crippen molar-refractivity contribution in [3.8, 4) is 0 Å². The van der Waals surface area contributed by atoms with Crippen molar-refractivity contribution in [1.29, 1.82) is 0 Å². The van der Waals surface area contributed by atoms with E-state index in [0.717, 1.165) is 16.9 Å². The third kappa shape index (κ3) is 3.97. The molecule has 0 spiro atoms. The number of anilines is 1. The van der Waals surface area contributed by atoms with Gasteiger partial charge in [0.05, 0.1) is 16.3 Å². The average Bonchev–Trinajstić information content (AvgIpc) is 2.99. The number of amidine groups is 1. The molecule has 0 bridgehead atoms. The summed E-state index contributed by atoms with van der Waals surface area (Å²) in [6.07, 6.45) is 1.89. The molecule has 0 radical (unpaired) electrons. The van der Waals surface area contributed by atoms with Gasteiger partial charge in [-0.05, 0) is 59.8 Å². The van der Waals surface area contributed by atoms with Crippen molar-refractivity contribution in [2.24, 2.45) is 4.99 Å². The van der Waals surface area contributed by atoms with Crippen molar-refractivity contribution in [3.63, 3.8) is 0 Å². The number of amides is 1. The van der Waals surface area contributed by atoms with Crippen LogP contribution < -0.4 is 4.90 Å². The van der Waals surface area contributed by atoms with E-state index in [1.165, 1.54) is 11.8 Å². The Kier molecular flexibility index (Phi) is 5.10. The molecule has 4 rings (SSSR count). The zero-order chi connectivity index (χ0) is 18.6. The number of aliphatic imine (C=N–C) groups is 1. The lowest BCUT2D eigenvalue weighted by Crippen LogP contribution is -2.28. The van der Waals surface area contributed by atoms with Crippen molar-refractivity contribution >= 4 is 51.9 Å². The summed E-state index contributed by atoms with van der Waals surface area (Å²) in [6, 6.07) is 26.6. The maximum Gasteiger partial charge on any atom is 0.271 e. The molecule has 3 aromatic rings. The summed E-state index contributed by atoms with van der Waals surface area (Å²) < 4.78 is 0. The molecule has 1 aliphatic heterocycles. The highest BCUT2D eigenvalue weighted by atomic mass is 35.5. The number of nitrogens with zero attached hydrogens (tertiary/aromatic N) is 2. The van der Waals surface area contributed by atoms with E-state index >= 15 is 0 Å². The molecule has 0 aliphatic carbocycles. The van der Waals surface area contributed by atoms with E-state index in [0.29, 0.717) is 15.1 Å². The maximum absolute atomic E-state index is 13.1. The summed E-state index contributed by atoms with van der Waals surface area (Å²) in [4.78, 5) is 20.1. The lowest BCUT2D eigenvalue weighted by Gasteiger charge is -2.15. The molecule has 0 unspecified atom stereocenters. The van der Waals surface area contributed by atoms with E-state index in [9.17, 15) is 4.79 Å². The summed E-state index contributed by atoms with van der Waals surface area (Å²) in [7, 11) is 0. The number of carbonyl (C=O) groups excluding carboxylic acids is 1. The van der Waals surface area contributed by atoms with Crippen LogP contribution in [0.3, 0.4) is 0 Å². The largest absolute Gasteiger partial charge is 0.271 e. The van der Waals surface area contributed by atoms with Crippen LogP contribution in [-0.4, -0.2) is 11.1 Å². The zero-order valence-corrected chi connectivity index (χ0v) is 15.8. The smallest absolute Gasteiger partial charge is 0.268 e. The molecule has 0 saturated carbocycles. The van der Waals surface area contributed by atoms with Crippen LogP contribution in [0, 0.1) is 0 Å². The number of benzene rings is 3. The molecule has 0 aromatic heterocycles. The minimum absolute atomic E-state index is 0.0964. The first-order chi connectivity index (χ1) is 13.2. The number of carbonyl (C=O) groups is 1. The number of hydrogen-bond donors (Lipinski definition) is 0. The molecular weight excluding hydrogens is 376 g/mol. The number of thioether (sulfide) groups is 1. The van der Waals surface area contributed by atoms with Gasteiger partial charge in [-0.2, -0.15) is 0 Å². The Labute approximate surface area is 167 Å². The number of para-hydroxylation sites is 1. The van der Waals surface area contributed by atoms with Crippen LogP contribution in [0.15, 0.2) is 94.8 Å². The fourth-order valence-corrected chi connectivity index (χ4v) is 3.81. The van der Waals surface area contributed by atoms with E-state index in [4.69, 9.17) is 16.6 Å². The van der Waals surface area contributed by atoms with E-state index < -0.39 is 0 Å². The molecule has 3 nitrogen and oxygen atoms in total. The minimum atomic E-state index is -0.0964. The Hall–Kier alpha value is -2.82. The summed E-state index contributed by atoms with van der Waals surface area (Å²) in [5, 5.41) is 1.25. The van der Waals surface area contributed by atoms with E-state index in [1.54, 1.807) is 17.0 Å². The van der Waals surface area contributed by atoms with Gasteiger partial charge >= 0.3 is 0 Å². The summed E-state index contributed by atoms with van der Waals surface area (Å²) in [5.74, 6) is -0.0964. The monoisotopic (exact) mass is 390 g/mol. The number of rotatable bonds is 3. The first kappa shape index (κ1) is 17.6. The predicted molar refractivity (Wildman–Crippen MR) is 114 cm³/mol. The average molecular weight is 391 g/mol. The van der Waals surface area contributed by atoms with Crippen LogP contribution in [0.4, 0.5) is 11.4 Å². The van der Waals surface area contributed by atoms with Crippen LogP contribution in [0.25, 0.3) is 6.08 Å². The van der Waals surface area contributed by atoms with Gasteiger partial charge in [0.15, 0.2) is 5.17 Å². The molecule has 1 aliphatic rings. The lowest BCUT2D eigenvalue weighted by molar-refractivity contribution is -0.113. The van der Waals surface area contributed by atoms with E-state index in [1.807, 2.05) is 78.9 Å². The molecule has 0 N–H and O–H groups in total. The first-order valence-corrected chi connectivity index (χ1v) is 9.58. The molecule has 1 fully saturated rings. The fraction of sp³-hybridized carbons (Fsp3) is 0. The molecule has 3 aromatic carbocycles. The van der Waals surface area contributed by atoms with Gasteiger partial charge in [0.2, 0.25) is 0 Å². The number of hydrogen-bond acceptors (Lipinski definition) is 3. The fourth-order valence-electron chi connectivity index (χ4n) is 2.68. The molecule has 27 heavy (non-hydrogen) atoms. The summed E-state index contributed by atoms with van der Waals surface area (Å²) in [6.45, 7) is 0. The van der Waals surface area contributed by atoms with Crippen LogP contribution >= 0.6 is 23.4 Å². The highest BCUT2D eigenvalue weighted by Crippen LogP contribution is 2.37. The van der Waals surface area contributed by atoms with Crippen molar-refractivity contribution < 1.29 is 4.79 Å². The molecule has 1 saturated heterocycles. The second-order valence-corrected chi connectivity index (χ2v) is 7.31. The Morgan fingerprint density at radius 1 is 0.852 bits per heavy atom. The Morgan fingerprint density at radius 3 is 2.15 bits per heavy atom. The quantitative estimate of drug-likeness (QED) is 0.502. The van der Waals surface area contributed by atoms with Gasteiger partial charge in [0.25, 0.3) is 5.91 Å². The van der Waals surface area contributed by atoms with Crippen molar-refractivity contribution in [1.82, 2.24) is 0 Å². The molecule has 1 amide bonds. The topological polar surface area (TPSA) is 32.7 Å². The van der Waals surface area contributed by atoms with Gasteiger partial charge in [-0.1, -0.05) is 60.1 Å². The van der Waals surface area contributed by atoms with Gasteiger partial charge in [-0.15, -0.1) is 0 Å². The second-order valence-electron chi connectivity index (χ2n) is 5.87. The standard InChI is InChI=1S/C22H15ClN2OS/c23-17-11-13-19(14-12-17)25-21(26)20(15-16-7-3-1-4-8-16)27-22(25)24-18-9-5-2-6-10-18/h1-15H/b20-15-,24-22-. The molecule has 0 atom stereocenters. The number of halogens is 1. The predicted octanol–water partition coefficient (Wildman–Crippen LogP) is 6.15. The van der Waals surface area contributed by atoms with Crippen LogP contribution in [0.1, 0.15) is 5.56 Å². The third-order valence-corrected chi connectivity index (χ3v) is 5.19. The minimum Gasteiger partial charge on any atom is -0.268 e. The Morgan fingerprint density at radius 2 is 1.48 bits per heavy atom. The third-order valence-electron chi connectivity index (χ3n) is 3.97. The van der Waals surface area contributed by atoms with Gasteiger partial charge < -0.3 is 0 Å². The summed E-state index contributed by atoms with van der Waals surface area (Å²) >= 11 is 7.38. The Bertz CT molecular complexity index is 1020. The molecular formula is C22H15ClN2OS.